The molecule has 2 bridgehead atoms. The fraction of sp³-hybridized carbons (Fsp3) is 0.917. The lowest BCUT2D eigenvalue weighted by atomic mass is 10.0. The lowest BCUT2D eigenvalue weighted by molar-refractivity contribution is 0.313. The lowest BCUT2D eigenvalue weighted by Gasteiger charge is -2.14. The summed E-state index contributed by atoms with van der Waals surface area (Å²) < 4.78 is 0. The van der Waals surface area contributed by atoms with Crippen molar-refractivity contribution < 1.29 is 5.21 Å². The van der Waals surface area contributed by atoms with Crippen molar-refractivity contribution in [1.29, 1.82) is 0 Å². The molecule has 0 aromatic carbocycles. The third-order valence-corrected chi connectivity index (χ3v) is 5.02. The topological polar surface area (TPSA) is 70.6 Å². The van der Waals surface area contributed by atoms with E-state index in [1.54, 1.807) is 0 Å². The average Bonchev–Trinajstić information content (AvgIpc) is 2.70. The molecule has 4 nitrogen and oxygen atoms in total. The molecule has 0 radical (unpaired) electrons. The van der Waals surface area contributed by atoms with Gasteiger partial charge in [-0.05, 0) is 42.9 Å². The molecule has 3 saturated carbocycles. The first-order valence-corrected chi connectivity index (χ1v) is 6.43. The number of nitrogens with zero attached hydrogens (tertiary/aromatic N) is 1. The maximum Gasteiger partial charge on any atom is 0.143 e. The van der Waals surface area contributed by atoms with Crippen molar-refractivity contribution in [2.24, 2.45) is 40.5 Å². The minimum Gasteiger partial charge on any atom is -0.409 e. The molecule has 16 heavy (non-hydrogen) atoms. The zero-order valence-corrected chi connectivity index (χ0v) is 9.76. The molecule has 3 aliphatic carbocycles. The Kier molecular flexibility index (Phi) is 2.35. The van der Waals surface area contributed by atoms with E-state index in [0.29, 0.717) is 5.84 Å². The van der Waals surface area contributed by atoms with E-state index in [9.17, 15) is 0 Å². The van der Waals surface area contributed by atoms with Crippen LogP contribution in [-0.4, -0.2) is 23.6 Å². The summed E-state index contributed by atoms with van der Waals surface area (Å²) in [5.41, 5.74) is 5.57. The third kappa shape index (κ3) is 1.43. The third-order valence-electron chi connectivity index (χ3n) is 5.02. The molecule has 0 saturated heterocycles. The molecule has 3 aliphatic rings. The molecule has 90 valence electrons. The number of amidine groups is 1. The molecule has 0 spiro atoms. The van der Waals surface area contributed by atoms with Crippen LogP contribution in [0, 0.1) is 29.6 Å². The zero-order chi connectivity index (χ0) is 11.3. The first-order chi connectivity index (χ1) is 7.72. The Labute approximate surface area is 96.3 Å². The van der Waals surface area contributed by atoms with Crippen molar-refractivity contribution in [3.8, 4) is 0 Å². The van der Waals surface area contributed by atoms with E-state index in [-0.39, 0.29) is 5.92 Å². The molecular weight excluding hydrogens is 202 g/mol. The minimum absolute atomic E-state index is 0.129. The smallest absolute Gasteiger partial charge is 0.143 e. The van der Waals surface area contributed by atoms with Gasteiger partial charge in [0.1, 0.15) is 5.84 Å². The van der Waals surface area contributed by atoms with E-state index >= 15 is 0 Å². The van der Waals surface area contributed by atoms with Gasteiger partial charge in [-0.25, -0.2) is 0 Å². The minimum atomic E-state index is 0.129. The monoisotopic (exact) mass is 223 g/mol. The van der Waals surface area contributed by atoms with Crippen molar-refractivity contribution in [2.75, 3.05) is 6.54 Å². The summed E-state index contributed by atoms with van der Waals surface area (Å²) in [6.07, 6.45) is 4.41. The van der Waals surface area contributed by atoms with Gasteiger partial charge in [0.25, 0.3) is 0 Å². The Morgan fingerprint density at radius 1 is 1.44 bits per heavy atom. The van der Waals surface area contributed by atoms with Crippen LogP contribution in [0.3, 0.4) is 0 Å². The molecular formula is C12H21N3O. The summed E-state index contributed by atoms with van der Waals surface area (Å²) in [7, 11) is 0. The van der Waals surface area contributed by atoms with Crippen molar-refractivity contribution in [2.45, 2.75) is 32.2 Å². The van der Waals surface area contributed by atoms with Gasteiger partial charge in [0, 0.05) is 18.5 Å². The maximum atomic E-state index is 8.58. The number of nitrogens with two attached hydrogens (primary N) is 1. The second kappa shape index (κ2) is 3.62. The second-order valence-corrected chi connectivity index (χ2v) is 5.85. The van der Waals surface area contributed by atoms with Gasteiger partial charge < -0.3 is 16.3 Å². The van der Waals surface area contributed by atoms with Gasteiger partial charge in [0.15, 0.2) is 0 Å². The van der Waals surface area contributed by atoms with Crippen LogP contribution in [0.1, 0.15) is 26.2 Å². The quantitative estimate of drug-likeness (QED) is 0.288. The van der Waals surface area contributed by atoms with E-state index in [4.69, 9.17) is 10.9 Å². The second-order valence-electron chi connectivity index (χ2n) is 5.85. The summed E-state index contributed by atoms with van der Waals surface area (Å²) >= 11 is 0. The van der Waals surface area contributed by atoms with Gasteiger partial charge in [-0.3, -0.25) is 0 Å². The number of hydrogen-bond acceptors (Lipinski definition) is 3. The predicted octanol–water partition coefficient (Wildman–Crippen LogP) is 1.00. The predicted molar refractivity (Wildman–Crippen MR) is 62.2 cm³/mol. The Morgan fingerprint density at radius 2 is 2.06 bits per heavy atom. The van der Waals surface area contributed by atoms with E-state index in [1.807, 2.05) is 6.92 Å². The fourth-order valence-corrected chi connectivity index (χ4v) is 4.11. The van der Waals surface area contributed by atoms with E-state index < -0.39 is 0 Å². The lowest BCUT2D eigenvalue weighted by Crippen LogP contribution is -2.34. The highest BCUT2D eigenvalue weighted by Gasteiger charge is 2.64. The Bertz CT molecular complexity index is 301. The van der Waals surface area contributed by atoms with Gasteiger partial charge >= 0.3 is 0 Å². The van der Waals surface area contributed by atoms with E-state index in [2.05, 4.69) is 10.5 Å². The van der Waals surface area contributed by atoms with Gasteiger partial charge in [0.05, 0.1) is 0 Å². The number of oxime groups is 1. The Balaban J connectivity index is 1.49. The first-order valence-electron chi connectivity index (χ1n) is 6.43. The molecule has 3 rings (SSSR count). The SMILES string of the molecule is CC(CNC1C2C3CCC(C3)C12)C(N)=NO. The van der Waals surface area contributed by atoms with Crippen LogP contribution in [0.4, 0.5) is 0 Å². The molecule has 0 amide bonds. The summed E-state index contributed by atoms with van der Waals surface area (Å²) in [5, 5.41) is 15.2. The molecule has 4 N–H and O–H groups in total. The molecule has 5 atom stereocenters. The molecule has 3 fully saturated rings. The summed E-state index contributed by atoms with van der Waals surface area (Å²) in [6, 6.07) is 0.736. The van der Waals surface area contributed by atoms with Crippen molar-refractivity contribution >= 4 is 5.84 Å². The van der Waals surface area contributed by atoms with Crippen molar-refractivity contribution in [1.82, 2.24) is 5.32 Å². The zero-order valence-electron chi connectivity index (χ0n) is 9.76. The van der Waals surface area contributed by atoms with Crippen molar-refractivity contribution in [3.63, 3.8) is 0 Å². The van der Waals surface area contributed by atoms with Crippen LogP contribution in [-0.2, 0) is 0 Å². The summed E-state index contributed by atoms with van der Waals surface area (Å²) in [6.45, 7) is 2.84. The van der Waals surface area contributed by atoms with Gasteiger partial charge in [0.2, 0.25) is 0 Å². The highest BCUT2D eigenvalue weighted by atomic mass is 16.4. The molecule has 4 heteroatoms. The highest BCUT2D eigenvalue weighted by Crippen LogP contribution is 2.65. The number of rotatable bonds is 4. The number of nitrogens with one attached hydrogen (secondary N) is 1. The maximum absolute atomic E-state index is 8.58. The largest absolute Gasteiger partial charge is 0.409 e. The Morgan fingerprint density at radius 3 is 2.62 bits per heavy atom. The average molecular weight is 223 g/mol. The van der Waals surface area contributed by atoms with Crippen LogP contribution in [0.25, 0.3) is 0 Å². The normalized spacial score (nSPS) is 46.8. The van der Waals surface area contributed by atoms with Gasteiger partial charge in [-0.15, -0.1) is 0 Å². The van der Waals surface area contributed by atoms with Crippen LogP contribution < -0.4 is 11.1 Å². The molecule has 0 aromatic rings. The van der Waals surface area contributed by atoms with E-state index in [1.165, 1.54) is 19.3 Å². The number of hydrogen-bond donors (Lipinski definition) is 3. The highest BCUT2D eigenvalue weighted by molar-refractivity contribution is 5.82. The van der Waals surface area contributed by atoms with Gasteiger partial charge in [-0.1, -0.05) is 12.1 Å². The standard InChI is InChI=1S/C12H21N3O/c1-6(12(13)15-16)5-14-11-9-7-2-3-8(4-7)10(9)11/h6-11,14,16H,2-5H2,1H3,(H2,13,15). The first kappa shape index (κ1) is 10.4. The summed E-state index contributed by atoms with van der Waals surface area (Å²) in [5.74, 6) is 4.39. The van der Waals surface area contributed by atoms with Crippen LogP contribution in [0.15, 0.2) is 5.16 Å². The van der Waals surface area contributed by atoms with Crippen LogP contribution in [0.2, 0.25) is 0 Å². The van der Waals surface area contributed by atoms with Crippen LogP contribution in [0.5, 0.6) is 0 Å². The van der Waals surface area contributed by atoms with Crippen molar-refractivity contribution in [3.05, 3.63) is 0 Å². The molecule has 0 aromatic heterocycles. The molecule has 0 heterocycles. The summed E-state index contributed by atoms with van der Waals surface area (Å²) in [4.78, 5) is 0. The van der Waals surface area contributed by atoms with Gasteiger partial charge in [-0.2, -0.15) is 0 Å². The Hall–Kier alpha value is -0.770. The fourth-order valence-electron chi connectivity index (χ4n) is 4.11. The van der Waals surface area contributed by atoms with Crippen LogP contribution >= 0.6 is 0 Å². The molecule has 0 aliphatic heterocycles. The van der Waals surface area contributed by atoms with E-state index in [0.717, 1.165) is 36.3 Å². The number of fused-ring (bicyclic) bond motifs is 5. The molecule has 5 unspecified atom stereocenters.